The first kappa shape index (κ1) is 21.2. The summed E-state index contributed by atoms with van der Waals surface area (Å²) in [5, 5.41) is 4.32. The van der Waals surface area contributed by atoms with E-state index in [1.54, 1.807) is 6.08 Å². The summed E-state index contributed by atoms with van der Waals surface area (Å²) in [7, 11) is 3.33. The first-order chi connectivity index (χ1) is 13.4. The number of esters is 1. The van der Waals surface area contributed by atoms with Gasteiger partial charge in [-0.05, 0) is 38.5 Å². The van der Waals surface area contributed by atoms with Gasteiger partial charge in [-0.3, -0.25) is 0 Å². The van der Waals surface area contributed by atoms with Gasteiger partial charge >= 0.3 is 5.97 Å². The maximum Gasteiger partial charge on any atom is 0.330 e. The molecule has 0 amide bonds. The summed E-state index contributed by atoms with van der Waals surface area (Å²) < 4.78 is 4.60. The summed E-state index contributed by atoms with van der Waals surface area (Å²) in [5.74, 6) is -0.356. The zero-order chi connectivity index (χ0) is 20.5. The molecular formula is C23H28N2O3. The molecule has 0 spiro atoms. The number of hydrogen-bond donors (Lipinski definition) is 0. The maximum atomic E-state index is 11.2. The Kier molecular flexibility index (Phi) is 7.81. The molecule has 0 N–H and O–H groups in total. The minimum atomic E-state index is -0.356. The Hall–Kier alpha value is -3.08. The van der Waals surface area contributed by atoms with Crippen molar-refractivity contribution in [1.29, 1.82) is 0 Å². The quantitative estimate of drug-likeness (QED) is 0.289. The van der Waals surface area contributed by atoms with Crippen molar-refractivity contribution in [3.8, 4) is 0 Å². The highest BCUT2D eigenvalue weighted by Crippen LogP contribution is 2.20. The van der Waals surface area contributed by atoms with E-state index in [2.05, 4.69) is 28.9 Å². The molecule has 0 aromatic heterocycles. The molecule has 0 aliphatic heterocycles. The van der Waals surface area contributed by atoms with E-state index >= 15 is 0 Å². The lowest BCUT2D eigenvalue weighted by molar-refractivity contribution is -0.134. The van der Waals surface area contributed by atoms with E-state index in [9.17, 15) is 4.79 Å². The number of aryl methyl sites for hydroxylation is 1. The third-order valence-corrected chi connectivity index (χ3v) is 4.40. The molecule has 0 fully saturated rings. The first-order valence-corrected chi connectivity index (χ1v) is 9.23. The number of ether oxygens (including phenoxy) is 1. The Morgan fingerprint density at radius 1 is 1.21 bits per heavy atom. The number of likely N-dealkylation sites (N-methyl/N-ethyl adjacent to an activating group) is 1. The number of anilines is 1. The Labute approximate surface area is 167 Å². The smallest absolute Gasteiger partial charge is 0.330 e. The van der Waals surface area contributed by atoms with Gasteiger partial charge in [0.15, 0.2) is 0 Å². The molecule has 0 bridgehead atoms. The largest absolute Gasteiger partial charge is 0.466 e. The fourth-order valence-corrected chi connectivity index (χ4v) is 2.64. The number of methoxy groups -OCH3 is 1. The molecule has 148 valence electrons. The van der Waals surface area contributed by atoms with Crippen molar-refractivity contribution < 1.29 is 14.4 Å². The second-order valence-corrected chi connectivity index (χ2v) is 6.69. The van der Waals surface area contributed by atoms with Gasteiger partial charge in [-0.15, -0.1) is 0 Å². The van der Waals surface area contributed by atoms with E-state index in [0.29, 0.717) is 6.54 Å². The van der Waals surface area contributed by atoms with Crippen LogP contribution in [0.25, 0.3) is 0 Å². The Morgan fingerprint density at radius 2 is 1.96 bits per heavy atom. The average Bonchev–Trinajstić information content (AvgIpc) is 2.71. The van der Waals surface area contributed by atoms with E-state index in [0.717, 1.165) is 22.5 Å². The molecule has 1 unspecified atom stereocenters. The number of carbonyl (C=O) groups is 1. The van der Waals surface area contributed by atoms with Crippen LogP contribution >= 0.6 is 0 Å². The molecule has 0 saturated carbocycles. The lowest BCUT2D eigenvalue weighted by Crippen LogP contribution is -2.17. The third kappa shape index (κ3) is 6.27. The van der Waals surface area contributed by atoms with Gasteiger partial charge in [-0.1, -0.05) is 53.2 Å². The van der Waals surface area contributed by atoms with E-state index in [4.69, 9.17) is 4.84 Å². The molecule has 0 saturated heterocycles. The van der Waals surface area contributed by atoms with Crippen LogP contribution in [0.2, 0.25) is 0 Å². The first-order valence-electron chi connectivity index (χ1n) is 9.23. The molecular weight excluding hydrogens is 352 g/mol. The Bertz CT molecular complexity index is 858. The number of rotatable bonds is 8. The molecule has 5 nitrogen and oxygen atoms in total. The monoisotopic (exact) mass is 380 g/mol. The highest BCUT2D eigenvalue weighted by atomic mass is 16.6. The predicted octanol–water partition coefficient (Wildman–Crippen LogP) is 4.66. The molecule has 0 aliphatic rings. The molecule has 2 rings (SSSR count). The standard InChI is InChI=1S/C23H28N2O3/c1-17-9-6-11-21(15-17)19(3)28-24-18(2)20-10-7-12-22(16-20)25(4)14-8-13-23(26)27-5/h6-13,15-16,19H,14H2,1-5H3. The Balaban J connectivity index is 2.04. The number of hydrogen-bond acceptors (Lipinski definition) is 5. The van der Waals surface area contributed by atoms with Crippen molar-refractivity contribution in [2.24, 2.45) is 5.16 Å². The van der Waals surface area contributed by atoms with Crippen LogP contribution in [-0.4, -0.2) is 32.4 Å². The van der Waals surface area contributed by atoms with Gasteiger partial charge in [-0.2, -0.15) is 0 Å². The van der Waals surface area contributed by atoms with Gasteiger partial charge in [0.1, 0.15) is 6.10 Å². The molecule has 2 aromatic rings. The van der Waals surface area contributed by atoms with E-state index in [-0.39, 0.29) is 12.1 Å². The SMILES string of the molecule is COC(=O)C=CCN(C)c1cccc(C(C)=NOC(C)c2cccc(C)c2)c1. The maximum absolute atomic E-state index is 11.2. The van der Waals surface area contributed by atoms with Gasteiger partial charge in [0, 0.05) is 30.9 Å². The van der Waals surface area contributed by atoms with Crippen molar-refractivity contribution in [3.63, 3.8) is 0 Å². The molecule has 0 heterocycles. The highest BCUT2D eigenvalue weighted by Gasteiger charge is 2.08. The number of oxime groups is 1. The van der Waals surface area contributed by atoms with E-state index < -0.39 is 0 Å². The molecule has 0 aliphatic carbocycles. The van der Waals surface area contributed by atoms with Crippen LogP contribution < -0.4 is 4.90 Å². The zero-order valence-corrected chi connectivity index (χ0v) is 17.2. The minimum absolute atomic E-state index is 0.121. The highest BCUT2D eigenvalue weighted by molar-refractivity contribution is 5.99. The number of benzene rings is 2. The van der Waals surface area contributed by atoms with Crippen LogP contribution in [-0.2, 0) is 14.4 Å². The van der Waals surface area contributed by atoms with Gasteiger partial charge in [0.25, 0.3) is 0 Å². The zero-order valence-electron chi connectivity index (χ0n) is 17.2. The molecule has 2 aromatic carbocycles. The normalized spacial score (nSPS) is 12.7. The summed E-state index contributed by atoms with van der Waals surface area (Å²) in [6.07, 6.45) is 3.07. The molecule has 5 heteroatoms. The molecule has 0 radical (unpaired) electrons. The summed E-state index contributed by atoms with van der Waals surface area (Å²) in [4.78, 5) is 18.9. The van der Waals surface area contributed by atoms with E-state index in [1.165, 1.54) is 18.7 Å². The lowest BCUT2D eigenvalue weighted by atomic mass is 10.1. The summed E-state index contributed by atoms with van der Waals surface area (Å²) in [6.45, 7) is 6.57. The number of carbonyl (C=O) groups excluding carboxylic acids is 1. The predicted molar refractivity (Wildman–Crippen MR) is 114 cm³/mol. The van der Waals surface area contributed by atoms with Crippen molar-refractivity contribution in [2.45, 2.75) is 26.9 Å². The third-order valence-electron chi connectivity index (χ3n) is 4.40. The van der Waals surface area contributed by atoms with Crippen molar-refractivity contribution in [2.75, 3.05) is 25.6 Å². The van der Waals surface area contributed by atoms with E-state index in [1.807, 2.05) is 62.2 Å². The van der Waals surface area contributed by atoms with Crippen LogP contribution in [0, 0.1) is 6.92 Å². The van der Waals surface area contributed by atoms with Gasteiger partial charge in [0.05, 0.1) is 12.8 Å². The fourth-order valence-electron chi connectivity index (χ4n) is 2.64. The van der Waals surface area contributed by atoms with Crippen LogP contribution in [0.15, 0.2) is 65.8 Å². The van der Waals surface area contributed by atoms with Crippen LogP contribution in [0.1, 0.15) is 36.6 Å². The van der Waals surface area contributed by atoms with Gasteiger partial charge < -0.3 is 14.5 Å². The second kappa shape index (κ2) is 10.3. The molecule has 28 heavy (non-hydrogen) atoms. The lowest BCUT2D eigenvalue weighted by Gasteiger charge is -2.18. The summed E-state index contributed by atoms with van der Waals surface area (Å²) in [5.41, 5.74) is 5.11. The second-order valence-electron chi connectivity index (χ2n) is 6.69. The molecule has 1 atom stereocenters. The summed E-state index contributed by atoms with van der Waals surface area (Å²) in [6, 6.07) is 16.3. The topological polar surface area (TPSA) is 51.1 Å². The average molecular weight is 380 g/mol. The van der Waals surface area contributed by atoms with Gasteiger partial charge in [-0.25, -0.2) is 4.79 Å². The van der Waals surface area contributed by atoms with Gasteiger partial charge in [0.2, 0.25) is 0 Å². The fraction of sp³-hybridized carbons (Fsp3) is 0.304. The van der Waals surface area contributed by atoms with Crippen molar-refractivity contribution in [1.82, 2.24) is 0 Å². The van der Waals surface area contributed by atoms with Crippen LogP contribution in [0.4, 0.5) is 5.69 Å². The number of nitrogens with zero attached hydrogens (tertiary/aromatic N) is 2. The van der Waals surface area contributed by atoms with Crippen molar-refractivity contribution in [3.05, 3.63) is 77.4 Å². The van der Waals surface area contributed by atoms with Crippen LogP contribution in [0.5, 0.6) is 0 Å². The van der Waals surface area contributed by atoms with Crippen molar-refractivity contribution >= 4 is 17.4 Å². The minimum Gasteiger partial charge on any atom is -0.466 e. The Morgan fingerprint density at radius 3 is 2.68 bits per heavy atom. The van der Waals surface area contributed by atoms with Crippen LogP contribution in [0.3, 0.4) is 0 Å². The summed E-state index contributed by atoms with van der Waals surface area (Å²) >= 11 is 0.